The van der Waals surface area contributed by atoms with Crippen LogP contribution in [0.3, 0.4) is 0 Å². The molecule has 1 atom stereocenters. The summed E-state index contributed by atoms with van der Waals surface area (Å²) in [7, 11) is 0. The summed E-state index contributed by atoms with van der Waals surface area (Å²) < 4.78 is 15.6. The molecule has 1 aromatic heterocycles. The van der Waals surface area contributed by atoms with Gasteiger partial charge in [-0.2, -0.15) is 5.10 Å². The first-order valence-electron chi connectivity index (χ1n) is 6.44. The lowest BCUT2D eigenvalue weighted by atomic mass is 9.87. The molecular weight excluding hydrogens is 245 g/mol. The first-order valence-corrected chi connectivity index (χ1v) is 6.44. The zero-order chi connectivity index (χ0) is 13.9. The van der Waals surface area contributed by atoms with Gasteiger partial charge in [0.15, 0.2) is 0 Å². The van der Waals surface area contributed by atoms with Crippen molar-refractivity contribution in [1.82, 2.24) is 14.8 Å². The van der Waals surface area contributed by atoms with Crippen LogP contribution in [-0.4, -0.2) is 19.9 Å². The molecule has 2 aromatic rings. The second kappa shape index (κ2) is 5.48. The maximum Gasteiger partial charge on any atom is 0.138 e. The third-order valence-corrected chi connectivity index (χ3v) is 3.41. The minimum Gasteiger partial charge on any atom is -0.385 e. The van der Waals surface area contributed by atoms with Gasteiger partial charge >= 0.3 is 0 Å². The quantitative estimate of drug-likeness (QED) is 0.900. The predicted molar refractivity (Wildman–Crippen MR) is 70.0 cm³/mol. The molecule has 5 heteroatoms. The van der Waals surface area contributed by atoms with Crippen LogP contribution in [0.4, 0.5) is 4.39 Å². The van der Waals surface area contributed by atoms with E-state index in [0.717, 1.165) is 0 Å². The standard InChI is InChI=1S/C14H18FN3O/c1-3-14(19,11-7-5-6-8-12(11)15)9-13-16-10-17-18(13)4-2/h5-8,10,19H,3-4,9H2,1-2H3. The Bertz CT molecular complexity index is 555. The van der Waals surface area contributed by atoms with Crippen molar-refractivity contribution in [2.75, 3.05) is 0 Å². The molecule has 2 rings (SSSR count). The highest BCUT2D eigenvalue weighted by Gasteiger charge is 2.32. The van der Waals surface area contributed by atoms with Crippen molar-refractivity contribution in [1.29, 1.82) is 0 Å². The van der Waals surface area contributed by atoms with Crippen molar-refractivity contribution in [3.8, 4) is 0 Å². The van der Waals surface area contributed by atoms with Gasteiger partial charge in [-0.15, -0.1) is 0 Å². The highest BCUT2D eigenvalue weighted by Crippen LogP contribution is 2.30. The lowest BCUT2D eigenvalue weighted by Gasteiger charge is -2.27. The Balaban J connectivity index is 2.36. The SMILES string of the molecule is CCn1ncnc1CC(O)(CC)c1ccccc1F. The molecule has 0 spiro atoms. The van der Waals surface area contributed by atoms with Crippen LogP contribution in [0.15, 0.2) is 30.6 Å². The first kappa shape index (κ1) is 13.7. The third-order valence-electron chi connectivity index (χ3n) is 3.41. The largest absolute Gasteiger partial charge is 0.385 e. The Hall–Kier alpha value is -1.75. The molecule has 0 fully saturated rings. The zero-order valence-electron chi connectivity index (χ0n) is 11.2. The van der Waals surface area contributed by atoms with Crippen molar-refractivity contribution in [2.45, 2.75) is 38.8 Å². The van der Waals surface area contributed by atoms with Crippen LogP contribution in [0.1, 0.15) is 31.7 Å². The minimum atomic E-state index is -1.26. The Kier molecular flexibility index (Phi) is 3.95. The predicted octanol–water partition coefficient (Wildman–Crippen LogP) is 2.28. The lowest BCUT2D eigenvalue weighted by Crippen LogP contribution is -2.30. The van der Waals surface area contributed by atoms with Gasteiger partial charge in [0.25, 0.3) is 0 Å². The average molecular weight is 263 g/mol. The molecule has 1 heterocycles. The summed E-state index contributed by atoms with van der Waals surface area (Å²) in [6.45, 7) is 4.46. The molecule has 19 heavy (non-hydrogen) atoms. The molecule has 102 valence electrons. The number of halogens is 1. The summed E-state index contributed by atoms with van der Waals surface area (Å²) >= 11 is 0. The van der Waals surface area contributed by atoms with Crippen LogP contribution < -0.4 is 0 Å². The van der Waals surface area contributed by atoms with E-state index in [1.165, 1.54) is 12.4 Å². The van der Waals surface area contributed by atoms with Gasteiger partial charge in [0, 0.05) is 18.5 Å². The molecule has 0 saturated heterocycles. The molecule has 0 saturated carbocycles. The van der Waals surface area contributed by atoms with Crippen molar-refractivity contribution in [3.05, 3.63) is 47.8 Å². The average Bonchev–Trinajstić information content (AvgIpc) is 2.86. The number of benzene rings is 1. The third kappa shape index (κ3) is 2.66. The Morgan fingerprint density at radius 2 is 2.05 bits per heavy atom. The van der Waals surface area contributed by atoms with Gasteiger partial charge < -0.3 is 5.11 Å². The van der Waals surface area contributed by atoms with E-state index in [9.17, 15) is 9.50 Å². The summed E-state index contributed by atoms with van der Waals surface area (Å²) in [5.74, 6) is 0.268. The number of hydrogen-bond acceptors (Lipinski definition) is 3. The summed E-state index contributed by atoms with van der Waals surface area (Å²) in [6, 6.07) is 6.32. The number of nitrogens with zero attached hydrogens (tertiary/aromatic N) is 3. The molecule has 0 bridgehead atoms. The second-order valence-corrected chi connectivity index (χ2v) is 4.53. The molecule has 1 unspecified atom stereocenters. The summed E-state index contributed by atoms with van der Waals surface area (Å²) in [4.78, 5) is 4.14. The van der Waals surface area contributed by atoms with Gasteiger partial charge in [-0.25, -0.2) is 9.37 Å². The van der Waals surface area contributed by atoms with Gasteiger partial charge in [0.1, 0.15) is 18.0 Å². The zero-order valence-corrected chi connectivity index (χ0v) is 11.2. The number of rotatable bonds is 5. The van der Waals surface area contributed by atoms with Gasteiger partial charge in [0.2, 0.25) is 0 Å². The van der Waals surface area contributed by atoms with Crippen LogP contribution in [-0.2, 0) is 18.6 Å². The molecule has 0 radical (unpaired) electrons. The number of hydrogen-bond donors (Lipinski definition) is 1. The Labute approximate surface area is 111 Å². The van der Waals surface area contributed by atoms with E-state index in [2.05, 4.69) is 10.1 Å². The molecule has 1 N–H and O–H groups in total. The van der Waals surface area contributed by atoms with Crippen molar-refractivity contribution in [3.63, 3.8) is 0 Å². The molecule has 1 aromatic carbocycles. The van der Waals surface area contributed by atoms with Gasteiger partial charge in [-0.3, -0.25) is 4.68 Å². The highest BCUT2D eigenvalue weighted by molar-refractivity contribution is 5.25. The molecule has 4 nitrogen and oxygen atoms in total. The minimum absolute atomic E-state index is 0.248. The molecule has 0 aliphatic heterocycles. The fourth-order valence-electron chi connectivity index (χ4n) is 2.20. The fourth-order valence-corrected chi connectivity index (χ4v) is 2.20. The van der Waals surface area contributed by atoms with E-state index in [1.54, 1.807) is 22.9 Å². The van der Waals surface area contributed by atoms with E-state index in [-0.39, 0.29) is 6.42 Å². The van der Waals surface area contributed by atoms with Gasteiger partial charge in [0.05, 0.1) is 5.60 Å². The first-order chi connectivity index (χ1) is 9.10. The topological polar surface area (TPSA) is 50.9 Å². The molecule has 0 amide bonds. The van der Waals surface area contributed by atoms with Crippen molar-refractivity contribution in [2.24, 2.45) is 0 Å². The second-order valence-electron chi connectivity index (χ2n) is 4.53. The van der Waals surface area contributed by atoms with Gasteiger partial charge in [-0.1, -0.05) is 25.1 Å². The number of aliphatic hydroxyl groups is 1. The van der Waals surface area contributed by atoms with E-state index in [0.29, 0.717) is 24.4 Å². The van der Waals surface area contributed by atoms with Crippen LogP contribution in [0, 0.1) is 5.82 Å². The van der Waals surface area contributed by atoms with Crippen molar-refractivity contribution >= 4 is 0 Å². The molecular formula is C14H18FN3O. The fraction of sp³-hybridized carbons (Fsp3) is 0.429. The number of aromatic nitrogens is 3. The summed E-state index contributed by atoms with van der Waals surface area (Å²) in [6.07, 6.45) is 2.11. The van der Waals surface area contributed by atoms with Crippen LogP contribution in [0.25, 0.3) is 0 Å². The molecule has 0 aliphatic rings. The lowest BCUT2D eigenvalue weighted by molar-refractivity contribution is 0.0261. The Morgan fingerprint density at radius 3 is 2.68 bits per heavy atom. The number of aryl methyl sites for hydroxylation is 1. The summed E-state index contributed by atoms with van der Waals surface area (Å²) in [5.41, 5.74) is -0.950. The Morgan fingerprint density at radius 1 is 1.32 bits per heavy atom. The van der Waals surface area contributed by atoms with Crippen LogP contribution in [0.2, 0.25) is 0 Å². The van der Waals surface area contributed by atoms with E-state index >= 15 is 0 Å². The maximum atomic E-state index is 13.9. The summed E-state index contributed by atoms with van der Waals surface area (Å²) in [5, 5.41) is 14.8. The smallest absolute Gasteiger partial charge is 0.138 e. The van der Waals surface area contributed by atoms with E-state index in [4.69, 9.17) is 0 Å². The van der Waals surface area contributed by atoms with E-state index < -0.39 is 11.4 Å². The van der Waals surface area contributed by atoms with Gasteiger partial charge in [-0.05, 0) is 19.4 Å². The van der Waals surface area contributed by atoms with Crippen LogP contribution >= 0.6 is 0 Å². The molecule has 0 aliphatic carbocycles. The van der Waals surface area contributed by atoms with E-state index in [1.807, 2.05) is 13.8 Å². The van der Waals surface area contributed by atoms with Crippen molar-refractivity contribution < 1.29 is 9.50 Å². The van der Waals surface area contributed by atoms with Crippen LogP contribution in [0.5, 0.6) is 0 Å². The maximum absolute atomic E-state index is 13.9. The highest BCUT2D eigenvalue weighted by atomic mass is 19.1. The normalized spacial score (nSPS) is 14.3. The monoisotopic (exact) mass is 263 g/mol.